The van der Waals surface area contributed by atoms with Crippen molar-refractivity contribution >= 4 is 5.82 Å². The molecule has 0 amide bonds. The zero-order chi connectivity index (χ0) is 11.5. The third kappa shape index (κ3) is 2.18. The Kier molecular flexibility index (Phi) is 2.85. The van der Waals surface area contributed by atoms with Crippen molar-refractivity contribution in [3.8, 4) is 0 Å². The van der Waals surface area contributed by atoms with E-state index < -0.39 is 0 Å². The van der Waals surface area contributed by atoms with Gasteiger partial charge in [-0.15, -0.1) is 10.2 Å². The minimum absolute atomic E-state index is 0.355. The highest BCUT2D eigenvalue weighted by atomic mass is 15.2. The van der Waals surface area contributed by atoms with Crippen LogP contribution in [-0.4, -0.2) is 19.7 Å². The molecule has 2 aromatic rings. The van der Waals surface area contributed by atoms with Gasteiger partial charge >= 0.3 is 0 Å². The van der Waals surface area contributed by atoms with Crippen LogP contribution in [0.25, 0.3) is 0 Å². The number of rotatable bonds is 3. The molecule has 0 fully saturated rings. The molecular formula is C11H15N5. The molecule has 0 aliphatic rings. The predicted molar refractivity (Wildman–Crippen MR) is 61.8 cm³/mol. The summed E-state index contributed by atoms with van der Waals surface area (Å²) in [6.45, 7) is 2.14. The number of nitrogens with zero attached hydrogens (tertiary/aromatic N) is 4. The first-order valence-electron chi connectivity index (χ1n) is 5.21. The molecule has 2 aromatic heterocycles. The topological polar surface area (TPSA) is 69.6 Å². The van der Waals surface area contributed by atoms with Gasteiger partial charge in [0.15, 0.2) is 0 Å². The van der Waals surface area contributed by atoms with Crippen LogP contribution in [0.5, 0.6) is 0 Å². The maximum absolute atomic E-state index is 5.66. The van der Waals surface area contributed by atoms with Crippen molar-refractivity contribution in [2.45, 2.75) is 19.3 Å². The maximum Gasteiger partial charge on any atom is 0.133 e. The van der Waals surface area contributed by atoms with Gasteiger partial charge in [-0.25, -0.2) is 4.98 Å². The predicted octanol–water partition coefficient (Wildman–Crippen LogP) is 1.14. The Balaban J connectivity index is 2.14. The highest BCUT2D eigenvalue weighted by Crippen LogP contribution is 2.19. The fraction of sp³-hybridized carbons (Fsp3) is 0.364. The number of hydrogen-bond acceptors (Lipinski definition) is 4. The second-order valence-electron chi connectivity index (χ2n) is 3.98. The van der Waals surface area contributed by atoms with Crippen LogP contribution >= 0.6 is 0 Å². The summed E-state index contributed by atoms with van der Waals surface area (Å²) in [7, 11) is 1.95. The molecule has 0 spiro atoms. The van der Waals surface area contributed by atoms with E-state index in [1.807, 2.05) is 23.7 Å². The fourth-order valence-electron chi connectivity index (χ4n) is 1.66. The Morgan fingerprint density at radius 2 is 2.31 bits per heavy atom. The third-order valence-corrected chi connectivity index (χ3v) is 2.67. The lowest BCUT2D eigenvalue weighted by atomic mass is 9.98. The van der Waals surface area contributed by atoms with Gasteiger partial charge in [0.05, 0.1) is 0 Å². The van der Waals surface area contributed by atoms with Gasteiger partial charge in [0.25, 0.3) is 0 Å². The summed E-state index contributed by atoms with van der Waals surface area (Å²) in [5.74, 6) is 1.89. The van der Waals surface area contributed by atoms with Crippen molar-refractivity contribution in [2.24, 2.45) is 7.05 Å². The molecule has 0 aromatic carbocycles. The zero-order valence-corrected chi connectivity index (χ0v) is 9.46. The van der Waals surface area contributed by atoms with E-state index in [1.54, 1.807) is 12.5 Å². The lowest BCUT2D eigenvalue weighted by molar-refractivity contribution is 0.680. The number of nitrogens with two attached hydrogens (primary N) is 1. The molecule has 0 radical (unpaired) electrons. The Morgan fingerprint density at radius 3 is 2.94 bits per heavy atom. The van der Waals surface area contributed by atoms with Gasteiger partial charge in [0.1, 0.15) is 18.0 Å². The van der Waals surface area contributed by atoms with Crippen molar-refractivity contribution in [1.29, 1.82) is 0 Å². The van der Waals surface area contributed by atoms with Crippen LogP contribution in [-0.2, 0) is 13.5 Å². The van der Waals surface area contributed by atoms with Crippen LogP contribution in [0.15, 0.2) is 24.7 Å². The Bertz CT molecular complexity index is 477. The molecule has 0 aliphatic carbocycles. The zero-order valence-electron chi connectivity index (χ0n) is 9.46. The molecule has 0 saturated carbocycles. The van der Waals surface area contributed by atoms with Gasteiger partial charge in [-0.1, -0.05) is 6.92 Å². The van der Waals surface area contributed by atoms with Gasteiger partial charge in [-0.05, 0) is 23.6 Å². The number of aromatic nitrogens is 4. The van der Waals surface area contributed by atoms with Gasteiger partial charge in [0, 0.05) is 19.7 Å². The number of nitrogen functional groups attached to an aromatic ring is 1. The van der Waals surface area contributed by atoms with Crippen molar-refractivity contribution in [1.82, 2.24) is 19.7 Å². The number of hydrogen-bond donors (Lipinski definition) is 1. The van der Waals surface area contributed by atoms with Crippen LogP contribution in [0, 0.1) is 0 Å². The van der Waals surface area contributed by atoms with E-state index >= 15 is 0 Å². The summed E-state index contributed by atoms with van der Waals surface area (Å²) in [5.41, 5.74) is 6.83. The summed E-state index contributed by atoms with van der Waals surface area (Å²) in [6.07, 6.45) is 4.29. The van der Waals surface area contributed by atoms with Gasteiger partial charge < -0.3 is 10.3 Å². The van der Waals surface area contributed by atoms with Crippen molar-refractivity contribution in [3.63, 3.8) is 0 Å². The van der Waals surface area contributed by atoms with Gasteiger partial charge in [-0.3, -0.25) is 0 Å². The molecule has 1 unspecified atom stereocenters. The minimum atomic E-state index is 0.355. The van der Waals surface area contributed by atoms with Crippen molar-refractivity contribution < 1.29 is 0 Å². The quantitative estimate of drug-likeness (QED) is 0.837. The summed E-state index contributed by atoms with van der Waals surface area (Å²) in [4.78, 5) is 3.98. The van der Waals surface area contributed by atoms with Crippen molar-refractivity contribution in [3.05, 3.63) is 36.0 Å². The lowest BCUT2D eigenvalue weighted by Crippen LogP contribution is -2.05. The van der Waals surface area contributed by atoms with E-state index in [1.165, 1.54) is 5.56 Å². The normalized spacial score (nSPS) is 12.6. The fourth-order valence-corrected chi connectivity index (χ4v) is 1.66. The molecule has 0 saturated heterocycles. The van der Waals surface area contributed by atoms with Crippen LogP contribution in [0.2, 0.25) is 0 Å². The van der Waals surface area contributed by atoms with E-state index in [9.17, 15) is 0 Å². The summed E-state index contributed by atoms with van der Waals surface area (Å²) >= 11 is 0. The molecule has 2 N–H and O–H groups in total. The molecular weight excluding hydrogens is 202 g/mol. The SMILES string of the molecule is CC(Cc1nncn1C)c1ccnc(N)c1. The Morgan fingerprint density at radius 1 is 1.50 bits per heavy atom. The van der Waals surface area contributed by atoms with E-state index in [0.29, 0.717) is 11.7 Å². The number of pyridine rings is 1. The smallest absolute Gasteiger partial charge is 0.133 e. The molecule has 2 rings (SSSR count). The average molecular weight is 217 g/mol. The van der Waals surface area contributed by atoms with E-state index in [0.717, 1.165) is 12.2 Å². The second kappa shape index (κ2) is 4.30. The summed E-state index contributed by atoms with van der Waals surface area (Å²) < 4.78 is 1.93. The standard InChI is InChI=1S/C11H15N5/c1-8(5-11-15-14-7-16(11)2)9-3-4-13-10(12)6-9/h3-4,6-8H,5H2,1-2H3,(H2,12,13). The van der Waals surface area contributed by atoms with Crippen LogP contribution < -0.4 is 5.73 Å². The first-order chi connectivity index (χ1) is 7.66. The Hall–Kier alpha value is -1.91. The summed E-state index contributed by atoms with van der Waals surface area (Å²) in [6, 6.07) is 3.89. The molecule has 5 nitrogen and oxygen atoms in total. The Labute approximate surface area is 94.3 Å². The molecule has 2 heterocycles. The molecule has 16 heavy (non-hydrogen) atoms. The number of aryl methyl sites for hydroxylation is 1. The molecule has 5 heteroatoms. The van der Waals surface area contributed by atoms with E-state index in [-0.39, 0.29) is 0 Å². The van der Waals surface area contributed by atoms with Crippen LogP contribution in [0.1, 0.15) is 24.2 Å². The first-order valence-corrected chi connectivity index (χ1v) is 5.21. The largest absolute Gasteiger partial charge is 0.384 e. The van der Waals surface area contributed by atoms with Crippen molar-refractivity contribution in [2.75, 3.05) is 5.73 Å². The second-order valence-corrected chi connectivity index (χ2v) is 3.98. The number of anilines is 1. The average Bonchev–Trinajstić information content (AvgIpc) is 2.64. The molecule has 1 atom stereocenters. The summed E-state index contributed by atoms with van der Waals surface area (Å²) in [5, 5.41) is 7.93. The van der Waals surface area contributed by atoms with E-state index in [4.69, 9.17) is 5.73 Å². The molecule has 0 aliphatic heterocycles. The van der Waals surface area contributed by atoms with Crippen LogP contribution in [0.3, 0.4) is 0 Å². The van der Waals surface area contributed by atoms with Crippen LogP contribution in [0.4, 0.5) is 5.82 Å². The highest BCUT2D eigenvalue weighted by Gasteiger charge is 2.10. The minimum Gasteiger partial charge on any atom is -0.384 e. The maximum atomic E-state index is 5.66. The first kappa shape index (κ1) is 10.6. The molecule has 0 bridgehead atoms. The van der Waals surface area contributed by atoms with Gasteiger partial charge in [0.2, 0.25) is 0 Å². The van der Waals surface area contributed by atoms with E-state index in [2.05, 4.69) is 22.1 Å². The third-order valence-electron chi connectivity index (χ3n) is 2.67. The molecule has 84 valence electrons. The van der Waals surface area contributed by atoms with Gasteiger partial charge in [-0.2, -0.15) is 0 Å². The lowest BCUT2D eigenvalue weighted by Gasteiger charge is -2.11. The monoisotopic (exact) mass is 217 g/mol. The highest BCUT2D eigenvalue weighted by molar-refractivity contribution is 5.33.